The zero-order chi connectivity index (χ0) is 23.9. The first-order valence-corrected chi connectivity index (χ1v) is 11.7. The molecule has 176 valence electrons. The molecule has 2 saturated carbocycles. The van der Waals surface area contributed by atoms with Crippen molar-refractivity contribution in [2.24, 2.45) is 17.8 Å². The van der Waals surface area contributed by atoms with Crippen molar-refractivity contribution in [2.45, 2.75) is 35.7 Å². The van der Waals surface area contributed by atoms with Crippen LogP contribution < -0.4 is 4.74 Å². The first-order chi connectivity index (χ1) is 14.7. The van der Waals surface area contributed by atoms with Gasteiger partial charge in [-0.05, 0) is 6.42 Å². The molecule has 4 rings (SSSR count). The Morgan fingerprint density at radius 1 is 1.06 bits per heavy atom. The highest BCUT2D eigenvalue weighted by molar-refractivity contribution is 7.87. The second-order valence-electron chi connectivity index (χ2n) is 7.49. The number of benzene rings is 1. The second kappa shape index (κ2) is 7.10. The van der Waals surface area contributed by atoms with Crippen molar-refractivity contribution < 1.29 is 62.2 Å². The molecule has 1 aromatic carbocycles. The van der Waals surface area contributed by atoms with E-state index in [2.05, 4.69) is 4.74 Å². The van der Waals surface area contributed by atoms with Crippen LogP contribution in [0.15, 0.2) is 4.90 Å². The van der Waals surface area contributed by atoms with Crippen LogP contribution in [0.4, 0.5) is 17.6 Å². The van der Waals surface area contributed by atoms with E-state index in [0.29, 0.717) is 0 Å². The Morgan fingerprint density at radius 3 is 2.12 bits per heavy atom. The number of rotatable bonds is 4. The molecule has 1 saturated heterocycles. The molecule has 32 heavy (non-hydrogen) atoms. The average Bonchev–Trinajstić information content (AvgIpc) is 3.24. The fourth-order valence-corrected chi connectivity index (χ4v) is 7.41. The van der Waals surface area contributed by atoms with Gasteiger partial charge in [-0.25, -0.2) is 8.78 Å². The Balaban J connectivity index is 1.73. The predicted octanol–water partition coefficient (Wildman–Crippen LogP) is 0.690. The summed E-state index contributed by atoms with van der Waals surface area (Å²) in [5.41, 5.74) is 0. The summed E-state index contributed by atoms with van der Waals surface area (Å²) in [6.07, 6.45) is -2.25. The number of halogens is 4. The van der Waals surface area contributed by atoms with Gasteiger partial charge in [0.2, 0.25) is 17.4 Å². The van der Waals surface area contributed by atoms with E-state index in [0.717, 1.165) is 6.92 Å². The third-order valence-electron chi connectivity index (χ3n) is 5.75. The van der Waals surface area contributed by atoms with Gasteiger partial charge in [-0.15, -0.1) is 0 Å². The van der Waals surface area contributed by atoms with E-state index in [1.54, 1.807) is 0 Å². The fraction of sp³-hybridized carbons (Fsp3) is 0.500. The van der Waals surface area contributed by atoms with E-state index in [1.165, 1.54) is 0 Å². The van der Waals surface area contributed by atoms with Crippen molar-refractivity contribution >= 4 is 32.2 Å². The Morgan fingerprint density at radius 2 is 1.62 bits per heavy atom. The van der Waals surface area contributed by atoms with Crippen molar-refractivity contribution in [2.75, 3.05) is 0 Å². The molecular weight excluding hydrogens is 492 g/mol. The lowest BCUT2D eigenvalue weighted by molar-refractivity contribution is -0.159. The van der Waals surface area contributed by atoms with Gasteiger partial charge in [-0.1, -0.05) is 0 Å². The van der Waals surface area contributed by atoms with Crippen LogP contribution in [0.5, 0.6) is 5.75 Å². The highest BCUT2D eigenvalue weighted by Crippen LogP contribution is 2.58. The monoisotopic (exact) mass is 504 g/mol. The van der Waals surface area contributed by atoms with Gasteiger partial charge in [-0.2, -0.15) is 25.6 Å². The van der Waals surface area contributed by atoms with Gasteiger partial charge >= 0.3 is 22.1 Å². The number of fused-ring (bicyclic) bond motifs is 1. The molecule has 2 aliphatic carbocycles. The van der Waals surface area contributed by atoms with Crippen LogP contribution in [-0.2, 0) is 38.7 Å². The van der Waals surface area contributed by atoms with Gasteiger partial charge in [0.1, 0.15) is 17.5 Å². The quantitative estimate of drug-likeness (QED) is 0.155. The van der Waals surface area contributed by atoms with Crippen molar-refractivity contribution in [1.82, 2.24) is 0 Å². The standard InChI is InChI=1S/C16H12F4O10S2/c1-3(21)28-11-4-2-5-12(11)30-32(26,27)14(5)6(4)16(22)29-13-7(17)9(19)15(31(23,24)25)10(20)8(13)18/h4-6,11-12,14H,2H2,1H3,(H,23,24,25). The van der Waals surface area contributed by atoms with E-state index in [1.807, 2.05) is 0 Å². The molecule has 6 unspecified atom stereocenters. The number of hydrogen-bond acceptors (Lipinski definition) is 9. The topological polar surface area (TPSA) is 150 Å². The Labute approximate surface area is 177 Å². The number of hydrogen-bond donors (Lipinski definition) is 1. The minimum atomic E-state index is -5.73. The minimum absolute atomic E-state index is 0.0155. The SMILES string of the molecule is CC(=O)OC1C2CC3C1OS(=O)(=O)C3C2C(=O)Oc1c(F)c(F)c(S(=O)(=O)O)c(F)c1F. The Hall–Kier alpha value is -2.30. The van der Waals surface area contributed by atoms with E-state index < -0.39 is 101 Å². The lowest BCUT2D eigenvalue weighted by atomic mass is 9.84. The third-order valence-corrected chi connectivity index (χ3v) is 8.42. The minimum Gasteiger partial charge on any atom is -0.459 e. The van der Waals surface area contributed by atoms with Gasteiger partial charge < -0.3 is 9.47 Å². The molecule has 1 heterocycles. The first kappa shape index (κ1) is 22.9. The van der Waals surface area contributed by atoms with E-state index in [-0.39, 0.29) is 6.42 Å². The number of ether oxygens (including phenoxy) is 2. The average molecular weight is 504 g/mol. The van der Waals surface area contributed by atoms with E-state index in [9.17, 15) is 44.0 Å². The first-order valence-electron chi connectivity index (χ1n) is 8.81. The van der Waals surface area contributed by atoms with Crippen molar-refractivity contribution in [3.63, 3.8) is 0 Å². The summed E-state index contributed by atoms with van der Waals surface area (Å²) < 4.78 is 126. The molecule has 0 spiro atoms. The molecule has 10 nitrogen and oxygen atoms in total. The maximum absolute atomic E-state index is 14.2. The Kier molecular flexibility index (Phi) is 5.07. The third kappa shape index (κ3) is 3.19. The molecule has 16 heteroatoms. The van der Waals surface area contributed by atoms with Crippen molar-refractivity contribution in [1.29, 1.82) is 0 Å². The molecule has 1 N–H and O–H groups in total. The zero-order valence-electron chi connectivity index (χ0n) is 15.6. The van der Waals surface area contributed by atoms with Crippen LogP contribution in [0.2, 0.25) is 0 Å². The molecule has 0 radical (unpaired) electrons. The summed E-state index contributed by atoms with van der Waals surface area (Å²) in [5.74, 6) is -17.9. The van der Waals surface area contributed by atoms with Crippen LogP contribution in [0.25, 0.3) is 0 Å². The summed E-state index contributed by atoms with van der Waals surface area (Å²) in [5, 5.41) is -1.52. The largest absolute Gasteiger partial charge is 0.459 e. The molecule has 1 aromatic rings. The molecule has 3 fully saturated rings. The summed E-state index contributed by atoms with van der Waals surface area (Å²) in [6.45, 7) is 1.02. The van der Waals surface area contributed by atoms with E-state index in [4.69, 9.17) is 13.5 Å². The molecule has 6 atom stereocenters. The maximum atomic E-state index is 14.2. The predicted molar refractivity (Wildman–Crippen MR) is 89.9 cm³/mol. The van der Waals surface area contributed by atoms with Crippen LogP contribution >= 0.6 is 0 Å². The summed E-state index contributed by atoms with van der Waals surface area (Å²) in [7, 11) is -10.1. The summed E-state index contributed by atoms with van der Waals surface area (Å²) in [6, 6.07) is 0. The molecular formula is C16H12F4O10S2. The second-order valence-corrected chi connectivity index (χ2v) is 10.6. The zero-order valence-corrected chi connectivity index (χ0v) is 17.3. The molecule has 3 aliphatic rings. The fourth-order valence-electron chi connectivity index (χ4n) is 4.72. The summed E-state index contributed by atoms with van der Waals surface area (Å²) in [4.78, 5) is 21.7. The number of carbonyl (C=O) groups is 2. The summed E-state index contributed by atoms with van der Waals surface area (Å²) >= 11 is 0. The van der Waals surface area contributed by atoms with Crippen LogP contribution in [0.3, 0.4) is 0 Å². The highest BCUT2D eigenvalue weighted by Gasteiger charge is 2.72. The van der Waals surface area contributed by atoms with Gasteiger partial charge in [0.05, 0.1) is 5.92 Å². The number of esters is 2. The molecule has 0 amide bonds. The van der Waals surface area contributed by atoms with Crippen LogP contribution in [0, 0.1) is 41.0 Å². The van der Waals surface area contributed by atoms with Crippen LogP contribution in [-0.4, -0.2) is 50.8 Å². The Bertz CT molecular complexity index is 1230. The molecule has 0 aromatic heterocycles. The van der Waals surface area contributed by atoms with E-state index >= 15 is 0 Å². The van der Waals surface area contributed by atoms with Gasteiger partial charge in [0.15, 0.2) is 16.5 Å². The van der Waals surface area contributed by atoms with Gasteiger partial charge in [0, 0.05) is 18.8 Å². The highest BCUT2D eigenvalue weighted by atomic mass is 32.2. The van der Waals surface area contributed by atoms with Gasteiger partial charge in [0.25, 0.3) is 10.1 Å². The van der Waals surface area contributed by atoms with Crippen LogP contribution in [0.1, 0.15) is 13.3 Å². The lowest BCUT2D eigenvalue weighted by Gasteiger charge is -2.29. The maximum Gasteiger partial charge on any atom is 0.316 e. The number of carbonyl (C=O) groups excluding carboxylic acids is 2. The van der Waals surface area contributed by atoms with Crippen molar-refractivity contribution in [3.05, 3.63) is 23.3 Å². The lowest BCUT2D eigenvalue weighted by Crippen LogP contribution is -2.46. The molecule has 2 bridgehead atoms. The van der Waals surface area contributed by atoms with Crippen molar-refractivity contribution in [3.8, 4) is 5.75 Å². The molecule has 1 aliphatic heterocycles. The smallest absolute Gasteiger partial charge is 0.316 e. The van der Waals surface area contributed by atoms with Gasteiger partial charge in [-0.3, -0.25) is 18.3 Å². The normalized spacial score (nSPS) is 32.2.